The molecule has 3 heteroatoms. The Morgan fingerprint density at radius 1 is 1.22 bits per heavy atom. The van der Waals surface area contributed by atoms with E-state index in [1.165, 1.54) is 6.92 Å². The first-order valence-electron chi connectivity index (χ1n) is 6.02. The Kier molecular flexibility index (Phi) is 3.95. The van der Waals surface area contributed by atoms with Crippen LogP contribution in [0.15, 0.2) is 18.2 Å². The quantitative estimate of drug-likeness (QED) is 0.660. The van der Waals surface area contributed by atoms with Gasteiger partial charge in [0.05, 0.1) is 0 Å². The highest BCUT2D eigenvalue weighted by Gasteiger charge is 2.24. The number of rotatable bonds is 3. The van der Waals surface area contributed by atoms with E-state index in [0.717, 1.165) is 11.1 Å². The Hall–Kier alpha value is -1.64. The summed E-state index contributed by atoms with van der Waals surface area (Å²) in [6.45, 7) is 9.44. The highest BCUT2D eigenvalue weighted by molar-refractivity contribution is 6.08. The topological polar surface area (TPSA) is 54.4 Å². The van der Waals surface area contributed by atoms with Gasteiger partial charge in [0.1, 0.15) is 5.92 Å². The van der Waals surface area contributed by atoms with Crippen LogP contribution in [0.5, 0.6) is 0 Å². The summed E-state index contributed by atoms with van der Waals surface area (Å²) in [5.41, 5.74) is 2.31. The molecule has 0 aliphatic rings. The first-order valence-corrected chi connectivity index (χ1v) is 6.02. The van der Waals surface area contributed by atoms with Crippen molar-refractivity contribution in [1.29, 1.82) is 0 Å². The smallest absolute Gasteiger partial charge is 0.314 e. The lowest BCUT2D eigenvalue weighted by Gasteiger charge is -2.21. The Morgan fingerprint density at radius 2 is 1.78 bits per heavy atom. The number of ketones is 1. The second-order valence-electron chi connectivity index (χ2n) is 5.70. The van der Waals surface area contributed by atoms with E-state index in [1.807, 2.05) is 25.1 Å². The van der Waals surface area contributed by atoms with Crippen LogP contribution < -0.4 is 0 Å². The highest BCUT2D eigenvalue weighted by atomic mass is 16.4. The SMILES string of the molecule is Cc1ccc(C(C)(C)C)cc1C(=O)C(C)C(=O)O. The molecule has 0 saturated carbocycles. The molecule has 1 N–H and O–H groups in total. The van der Waals surface area contributed by atoms with E-state index in [1.54, 1.807) is 0 Å². The van der Waals surface area contributed by atoms with E-state index in [9.17, 15) is 9.59 Å². The lowest BCUT2D eigenvalue weighted by molar-refractivity contribution is -0.139. The normalized spacial score (nSPS) is 13.2. The van der Waals surface area contributed by atoms with Crippen molar-refractivity contribution in [3.8, 4) is 0 Å². The van der Waals surface area contributed by atoms with Crippen LogP contribution in [0.2, 0.25) is 0 Å². The first kappa shape index (κ1) is 14.4. The molecule has 0 heterocycles. The number of Topliss-reactive ketones (excluding diaryl/α,β-unsaturated/α-hetero) is 1. The van der Waals surface area contributed by atoms with Crippen molar-refractivity contribution in [2.75, 3.05) is 0 Å². The van der Waals surface area contributed by atoms with Gasteiger partial charge in [0.2, 0.25) is 0 Å². The number of aryl methyl sites for hydroxylation is 1. The molecule has 3 nitrogen and oxygen atoms in total. The molecule has 1 aromatic carbocycles. The summed E-state index contributed by atoms with van der Waals surface area (Å²) in [5.74, 6) is -2.41. The zero-order valence-electron chi connectivity index (χ0n) is 11.6. The summed E-state index contributed by atoms with van der Waals surface area (Å²) in [6, 6.07) is 5.68. The number of carboxylic acids is 1. The highest BCUT2D eigenvalue weighted by Crippen LogP contribution is 2.25. The molecule has 1 atom stereocenters. The van der Waals surface area contributed by atoms with Crippen molar-refractivity contribution in [3.63, 3.8) is 0 Å². The average molecular weight is 248 g/mol. The van der Waals surface area contributed by atoms with E-state index in [0.29, 0.717) is 5.56 Å². The van der Waals surface area contributed by atoms with Gasteiger partial charge >= 0.3 is 5.97 Å². The van der Waals surface area contributed by atoms with Crippen LogP contribution in [0.3, 0.4) is 0 Å². The average Bonchev–Trinajstić information content (AvgIpc) is 2.26. The van der Waals surface area contributed by atoms with Crippen LogP contribution in [-0.4, -0.2) is 16.9 Å². The molecular weight excluding hydrogens is 228 g/mol. The van der Waals surface area contributed by atoms with E-state index in [-0.39, 0.29) is 11.2 Å². The molecule has 0 aliphatic heterocycles. The van der Waals surface area contributed by atoms with Gasteiger partial charge in [0, 0.05) is 5.56 Å². The lowest BCUT2D eigenvalue weighted by atomic mass is 9.83. The molecular formula is C15H20O3. The van der Waals surface area contributed by atoms with Gasteiger partial charge in [0.25, 0.3) is 0 Å². The van der Waals surface area contributed by atoms with Crippen LogP contribution in [0.4, 0.5) is 0 Å². The molecule has 18 heavy (non-hydrogen) atoms. The number of carbonyl (C=O) groups is 2. The van der Waals surface area contributed by atoms with Crippen molar-refractivity contribution in [1.82, 2.24) is 0 Å². The third kappa shape index (κ3) is 2.97. The molecule has 1 aromatic rings. The Bertz CT molecular complexity index is 481. The molecule has 0 aromatic heterocycles. The zero-order valence-corrected chi connectivity index (χ0v) is 11.6. The van der Waals surface area contributed by atoms with Crippen molar-refractivity contribution >= 4 is 11.8 Å². The maximum Gasteiger partial charge on any atom is 0.314 e. The van der Waals surface area contributed by atoms with Crippen LogP contribution in [0.1, 0.15) is 49.2 Å². The molecule has 0 spiro atoms. The number of aliphatic carboxylic acids is 1. The van der Waals surface area contributed by atoms with Crippen LogP contribution >= 0.6 is 0 Å². The van der Waals surface area contributed by atoms with Crippen molar-refractivity contribution in [2.45, 2.75) is 40.0 Å². The summed E-state index contributed by atoms with van der Waals surface area (Å²) in [4.78, 5) is 23.0. The lowest BCUT2D eigenvalue weighted by Crippen LogP contribution is -2.22. The molecule has 1 rings (SSSR count). The minimum atomic E-state index is -1.08. The number of carboxylic acid groups (broad SMARTS) is 1. The number of hydrogen-bond donors (Lipinski definition) is 1. The predicted molar refractivity (Wildman–Crippen MR) is 71.0 cm³/mol. The molecule has 0 bridgehead atoms. The largest absolute Gasteiger partial charge is 0.481 e. The third-order valence-corrected chi connectivity index (χ3v) is 3.13. The van der Waals surface area contributed by atoms with E-state index in [4.69, 9.17) is 5.11 Å². The third-order valence-electron chi connectivity index (χ3n) is 3.13. The Balaban J connectivity index is 3.24. The van der Waals surface area contributed by atoms with E-state index < -0.39 is 11.9 Å². The fourth-order valence-corrected chi connectivity index (χ4v) is 1.70. The van der Waals surface area contributed by atoms with Gasteiger partial charge < -0.3 is 5.11 Å². The van der Waals surface area contributed by atoms with Gasteiger partial charge in [-0.25, -0.2) is 0 Å². The number of hydrogen-bond acceptors (Lipinski definition) is 2. The fraction of sp³-hybridized carbons (Fsp3) is 0.467. The minimum absolute atomic E-state index is 0.0603. The van der Waals surface area contributed by atoms with Crippen LogP contribution in [0, 0.1) is 12.8 Å². The summed E-state index contributed by atoms with van der Waals surface area (Å²) in [7, 11) is 0. The number of benzene rings is 1. The predicted octanol–water partition coefficient (Wildman–Crippen LogP) is 3.20. The zero-order chi connectivity index (χ0) is 14.1. The molecule has 0 amide bonds. The molecule has 0 fully saturated rings. The molecule has 1 unspecified atom stereocenters. The van der Waals surface area contributed by atoms with Gasteiger partial charge in [-0.2, -0.15) is 0 Å². The van der Waals surface area contributed by atoms with Crippen molar-refractivity contribution in [3.05, 3.63) is 34.9 Å². The maximum atomic E-state index is 12.1. The summed E-state index contributed by atoms with van der Waals surface area (Å²) < 4.78 is 0. The minimum Gasteiger partial charge on any atom is -0.481 e. The second kappa shape index (κ2) is 4.92. The van der Waals surface area contributed by atoms with E-state index in [2.05, 4.69) is 20.8 Å². The van der Waals surface area contributed by atoms with Gasteiger partial charge in [-0.15, -0.1) is 0 Å². The number of carbonyl (C=O) groups excluding carboxylic acids is 1. The molecule has 0 radical (unpaired) electrons. The summed E-state index contributed by atoms with van der Waals surface area (Å²) in [5, 5.41) is 8.91. The van der Waals surface area contributed by atoms with Crippen LogP contribution in [0.25, 0.3) is 0 Å². The van der Waals surface area contributed by atoms with Gasteiger partial charge in [-0.3, -0.25) is 9.59 Å². The summed E-state index contributed by atoms with van der Waals surface area (Å²) in [6.07, 6.45) is 0. The van der Waals surface area contributed by atoms with Gasteiger partial charge in [-0.1, -0.05) is 32.9 Å². The van der Waals surface area contributed by atoms with E-state index >= 15 is 0 Å². The summed E-state index contributed by atoms with van der Waals surface area (Å²) >= 11 is 0. The molecule has 0 aliphatic carbocycles. The first-order chi connectivity index (χ1) is 8.14. The fourth-order valence-electron chi connectivity index (χ4n) is 1.70. The Morgan fingerprint density at radius 3 is 2.22 bits per heavy atom. The van der Waals surface area contributed by atoms with Gasteiger partial charge in [-0.05, 0) is 36.5 Å². The maximum absolute atomic E-state index is 12.1. The Labute approximate surface area is 108 Å². The van der Waals surface area contributed by atoms with Crippen molar-refractivity contribution in [2.24, 2.45) is 5.92 Å². The standard InChI is InChI=1S/C15H20O3/c1-9-6-7-11(15(3,4)5)8-12(9)13(16)10(2)14(17)18/h6-8,10H,1-5H3,(H,17,18). The monoisotopic (exact) mass is 248 g/mol. The molecule has 0 saturated heterocycles. The van der Waals surface area contributed by atoms with Crippen LogP contribution in [-0.2, 0) is 10.2 Å². The van der Waals surface area contributed by atoms with Crippen molar-refractivity contribution < 1.29 is 14.7 Å². The van der Waals surface area contributed by atoms with Gasteiger partial charge in [0.15, 0.2) is 5.78 Å². The second-order valence-corrected chi connectivity index (χ2v) is 5.70. The molecule has 98 valence electrons.